The van der Waals surface area contributed by atoms with Gasteiger partial charge in [0.05, 0.1) is 19.0 Å². The summed E-state index contributed by atoms with van der Waals surface area (Å²) in [5, 5.41) is 2.68. The molecule has 0 bridgehead atoms. The number of nitrogens with zero attached hydrogens (tertiary/aromatic N) is 2. The van der Waals surface area contributed by atoms with Gasteiger partial charge < -0.3 is 15.8 Å². The zero-order chi connectivity index (χ0) is 13.0. The molecule has 2 aromatic rings. The molecular weight excluding hydrogens is 232 g/mol. The molecule has 0 spiro atoms. The number of hydrogen-bond donors (Lipinski definition) is 2. The van der Waals surface area contributed by atoms with Crippen LogP contribution in [0.25, 0.3) is 0 Å². The highest BCUT2D eigenvalue weighted by atomic mass is 16.5. The lowest BCUT2D eigenvalue weighted by atomic mass is 10.2. The first-order chi connectivity index (χ1) is 8.70. The minimum atomic E-state index is -0.338. The number of rotatable bonds is 3. The lowest BCUT2D eigenvalue weighted by molar-refractivity contribution is 0.102. The van der Waals surface area contributed by atoms with E-state index in [1.807, 2.05) is 0 Å². The van der Waals surface area contributed by atoms with Gasteiger partial charge in [-0.2, -0.15) is 0 Å². The van der Waals surface area contributed by atoms with Crippen molar-refractivity contribution in [3.8, 4) is 5.75 Å². The number of carbonyl (C=O) groups is 1. The van der Waals surface area contributed by atoms with Crippen LogP contribution in [0.15, 0.2) is 36.8 Å². The van der Waals surface area contributed by atoms with Gasteiger partial charge in [0.2, 0.25) is 0 Å². The van der Waals surface area contributed by atoms with E-state index >= 15 is 0 Å². The summed E-state index contributed by atoms with van der Waals surface area (Å²) in [5.74, 6) is 0.168. The van der Waals surface area contributed by atoms with Crippen LogP contribution in [-0.4, -0.2) is 23.0 Å². The van der Waals surface area contributed by atoms with Crippen LogP contribution < -0.4 is 15.8 Å². The molecule has 1 aromatic carbocycles. The summed E-state index contributed by atoms with van der Waals surface area (Å²) in [6.45, 7) is 0. The lowest BCUT2D eigenvalue weighted by Gasteiger charge is -2.08. The molecular formula is C12H12N4O2. The molecule has 92 valence electrons. The molecule has 1 heterocycles. The summed E-state index contributed by atoms with van der Waals surface area (Å²) in [5.41, 5.74) is 7.02. The van der Waals surface area contributed by atoms with Crippen LogP contribution >= 0.6 is 0 Å². The van der Waals surface area contributed by atoms with Gasteiger partial charge in [-0.05, 0) is 12.1 Å². The predicted molar refractivity (Wildman–Crippen MR) is 67.4 cm³/mol. The number of hydrogen-bond acceptors (Lipinski definition) is 5. The van der Waals surface area contributed by atoms with Gasteiger partial charge in [0.25, 0.3) is 5.91 Å². The highest BCUT2D eigenvalue weighted by Crippen LogP contribution is 2.25. The second-order valence-electron chi connectivity index (χ2n) is 3.50. The van der Waals surface area contributed by atoms with Gasteiger partial charge in [0, 0.05) is 24.1 Å². The van der Waals surface area contributed by atoms with Crippen LogP contribution in [0.1, 0.15) is 10.5 Å². The van der Waals surface area contributed by atoms with Gasteiger partial charge in [0.15, 0.2) is 0 Å². The normalized spacial score (nSPS) is 9.83. The van der Waals surface area contributed by atoms with Crippen LogP contribution in [0.3, 0.4) is 0 Å². The van der Waals surface area contributed by atoms with Crippen molar-refractivity contribution in [2.45, 2.75) is 0 Å². The van der Waals surface area contributed by atoms with Crippen LogP contribution in [-0.2, 0) is 0 Å². The number of nitrogen functional groups attached to an aromatic ring is 1. The largest absolute Gasteiger partial charge is 0.495 e. The van der Waals surface area contributed by atoms with Gasteiger partial charge >= 0.3 is 0 Å². The quantitative estimate of drug-likeness (QED) is 0.795. The Labute approximate surface area is 104 Å². The van der Waals surface area contributed by atoms with Crippen molar-refractivity contribution in [1.82, 2.24) is 9.97 Å². The Morgan fingerprint density at radius 2 is 2.22 bits per heavy atom. The van der Waals surface area contributed by atoms with Crippen molar-refractivity contribution in [2.24, 2.45) is 0 Å². The monoisotopic (exact) mass is 244 g/mol. The number of methoxy groups -OCH3 is 1. The lowest BCUT2D eigenvalue weighted by Crippen LogP contribution is -2.13. The van der Waals surface area contributed by atoms with Gasteiger partial charge in [0.1, 0.15) is 11.4 Å². The highest BCUT2D eigenvalue weighted by Gasteiger charge is 2.08. The van der Waals surface area contributed by atoms with E-state index in [2.05, 4.69) is 15.3 Å². The first-order valence-electron chi connectivity index (χ1n) is 5.21. The van der Waals surface area contributed by atoms with Crippen molar-refractivity contribution in [3.63, 3.8) is 0 Å². The molecule has 0 aliphatic carbocycles. The van der Waals surface area contributed by atoms with Gasteiger partial charge in [-0.25, -0.2) is 4.98 Å². The third-order valence-electron chi connectivity index (χ3n) is 2.29. The van der Waals surface area contributed by atoms with Crippen LogP contribution in [0.2, 0.25) is 0 Å². The highest BCUT2D eigenvalue weighted by molar-refractivity contribution is 6.02. The minimum absolute atomic E-state index is 0.244. The summed E-state index contributed by atoms with van der Waals surface area (Å²) in [6, 6.07) is 4.99. The number of nitrogens with two attached hydrogens (primary N) is 1. The number of benzene rings is 1. The molecule has 18 heavy (non-hydrogen) atoms. The van der Waals surface area contributed by atoms with Gasteiger partial charge in [-0.3, -0.25) is 9.78 Å². The number of ether oxygens (including phenoxy) is 1. The molecule has 0 atom stereocenters. The van der Waals surface area contributed by atoms with E-state index < -0.39 is 0 Å². The number of carbonyl (C=O) groups excluding carboxylic acids is 1. The van der Waals surface area contributed by atoms with Crippen molar-refractivity contribution in [3.05, 3.63) is 42.5 Å². The van der Waals surface area contributed by atoms with E-state index in [9.17, 15) is 4.79 Å². The molecule has 6 nitrogen and oxygen atoms in total. The topological polar surface area (TPSA) is 90.1 Å². The van der Waals surface area contributed by atoms with Crippen LogP contribution in [0.4, 0.5) is 11.4 Å². The zero-order valence-electron chi connectivity index (χ0n) is 9.75. The Morgan fingerprint density at radius 3 is 2.89 bits per heavy atom. The van der Waals surface area contributed by atoms with Gasteiger partial charge in [-0.1, -0.05) is 0 Å². The number of aromatic nitrogens is 2. The molecule has 0 aliphatic heterocycles. The SMILES string of the molecule is COc1cc(NC(=O)c2cnccn2)ccc1N. The molecule has 0 saturated heterocycles. The van der Waals surface area contributed by atoms with Crippen LogP contribution in [0, 0.1) is 0 Å². The Kier molecular flexibility index (Phi) is 3.38. The second kappa shape index (κ2) is 5.13. The smallest absolute Gasteiger partial charge is 0.275 e. The minimum Gasteiger partial charge on any atom is -0.495 e. The fourth-order valence-electron chi connectivity index (χ4n) is 1.40. The number of anilines is 2. The summed E-state index contributed by atoms with van der Waals surface area (Å²) in [7, 11) is 1.51. The molecule has 1 aromatic heterocycles. The summed E-state index contributed by atoms with van der Waals surface area (Å²) in [4.78, 5) is 19.5. The Bertz CT molecular complexity index is 557. The molecule has 0 aliphatic rings. The van der Waals surface area contributed by atoms with E-state index in [4.69, 9.17) is 10.5 Å². The first-order valence-corrected chi connectivity index (χ1v) is 5.21. The van der Waals surface area contributed by atoms with Crippen molar-refractivity contribution >= 4 is 17.3 Å². The number of nitrogens with one attached hydrogen (secondary N) is 1. The average Bonchev–Trinajstić information content (AvgIpc) is 2.42. The Balaban J connectivity index is 2.17. The molecule has 0 fully saturated rings. The van der Waals surface area contributed by atoms with Crippen molar-refractivity contribution in [2.75, 3.05) is 18.2 Å². The van der Waals surface area contributed by atoms with E-state index in [0.29, 0.717) is 17.1 Å². The molecule has 6 heteroatoms. The fraction of sp³-hybridized carbons (Fsp3) is 0.0833. The average molecular weight is 244 g/mol. The number of amides is 1. The third kappa shape index (κ3) is 2.54. The van der Waals surface area contributed by atoms with E-state index in [-0.39, 0.29) is 11.6 Å². The maximum absolute atomic E-state index is 11.8. The molecule has 0 saturated carbocycles. The van der Waals surface area contributed by atoms with E-state index in [1.165, 1.54) is 25.7 Å². The van der Waals surface area contributed by atoms with Crippen molar-refractivity contribution < 1.29 is 9.53 Å². The predicted octanol–water partition coefficient (Wildman–Crippen LogP) is 1.32. The first kappa shape index (κ1) is 11.8. The molecule has 1 amide bonds. The summed E-state index contributed by atoms with van der Waals surface area (Å²) < 4.78 is 5.07. The van der Waals surface area contributed by atoms with Gasteiger partial charge in [-0.15, -0.1) is 0 Å². The standard InChI is InChI=1S/C12H12N4O2/c1-18-11-6-8(2-3-9(11)13)16-12(17)10-7-14-4-5-15-10/h2-7H,13H2,1H3,(H,16,17). The van der Waals surface area contributed by atoms with E-state index in [1.54, 1.807) is 18.2 Å². The molecule has 3 N–H and O–H groups in total. The maximum Gasteiger partial charge on any atom is 0.275 e. The van der Waals surface area contributed by atoms with Crippen molar-refractivity contribution in [1.29, 1.82) is 0 Å². The maximum atomic E-state index is 11.8. The third-order valence-corrected chi connectivity index (χ3v) is 2.29. The molecule has 0 unspecified atom stereocenters. The second-order valence-corrected chi connectivity index (χ2v) is 3.50. The Hall–Kier alpha value is -2.63. The van der Waals surface area contributed by atoms with E-state index in [0.717, 1.165) is 0 Å². The van der Waals surface area contributed by atoms with Crippen LogP contribution in [0.5, 0.6) is 5.75 Å². The Morgan fingerprint density at radius 1 is 1.39 bits per heavy atom. The summed E-state index contributed by atoms with van der Waals surface area (Å²) >= 11 is 0. The summed E-state index contributed by atoms with van der Waals surface area (Å²) in [6.07, 6.45) is 4.35. The zero-order valence-corrected chi connectivity index (χ0v) is 9.75. The molecule has 0 radical (unpaired) electrons. The molecule has 2 rings (SSSR count). The fourth-order valence-corrected chi connectivity index (χ4v) is 1.40.